The Hall–Kier alpha value is -5.95. The summed E-state index contributed by atoms with van der Waals surface area (Å²) in [5.74, 6) is -0.395. The molecule has 0 unspecified atom stereocenters. The van der Waals surface area contributed by atoms with Crippen LogP contribution in [0, 0.1) is 0 Å². The molecule has 312 valence electrons. The maximum Gasteiger partial charge on any atom is 0.416 e. The molecule has 0 saturated heterocycles. The number of anilines is 5. The van der Waals surface area contributed by atoms with Gasteiger partial charge in [-0.3, -0.25) is 0 Å². The molecule has 5 aromatic carbocycles. The van der Waals surface area contributed by atoms with Crippen LogP contribution in [0.5, 0.6) is 34.5 Å². The second kappa shape index (κ2) is 21.7. The number of thiocarbonyl (C=S) groups is 3. The predicted molar refractivity (Wildman–Crippen MR) is 238 cm³/mol. The van der Waals surface area contributed by atoms with E-state index < -0.39 is 11.7 Å². The first kappa shape index (κ1) is 45.7. The van der Waals surface area contributed by atoms with E-state index in [1.165, 1.54) is 73.9 Å². The summed E-state index contributed by atoms with van der Waals surface area (Å²) in [7, 11) is 0. The van der Waals surface area contributed by atoms with Gasteiger partial charge in [0.2, 0.25) is 0 Å². The third-order valence-electron chi connectivity index (χ3n) is 8.20. The highest BCUT2D eigenvalue weighted by Crippen LogP contribution is 2.31. The van der Waals surface area contributed by atoms with Crippen LogP contribution in [0.4, 0.5) is 41.6 Å². The average Bonchev–Trinajstić information content (AvgIpc) is 3.17. The van der Waals surface area contributed by atoms with Crippen molar-refractivity contribution in [3.8, 4) is 34.5 Å². The van der Waals surface area contributed by atoms with Crippen molar-refractivity contribution in [2.75, 3.05) is 26.6 Å². The first-order chi connectivity index (χ1) is 27.9. The van der Waals surface area contributed by atoms with Crippen LogP contribution in [0.2, 0.25) is 5.02 Å². The third-order valence-corrected chi connectivity index (χ3v) is 9.08. The van der Waals surface area contributed by atoms with Gasteiger partial charge < -0.3 is 62.5 Å². The van der Waals surface area contributed by atoms with E-state index in [1.54, 1.807) is 30.3 Å². The van der Waals surface area contributed by atoms with E-state index in [2.05, 4.69) is 31.9 Å². The summed E-state index contributed by atoms with van der Waals surface area (Å²) in [6.07, 6.45) is 1.68. The molecule has 0 spiro atoms. The van der Waals surface area contributed by atoms with Crippen LogP contribution < -0.4 is 31.9 Å². The third kappa shape index (κ3) is 15.7. The maximum atomic E-state index is 12.4. The van der Waals surface area contributed by atoms with E-state index in [-0.39, 0.29) is 45.3 Å². The number of hydrogen-bond donors (Lipinski definition) is 12. The Morgan fingerprint density at radius 2 is 0.881 bits per heavy atom. The minimum atomic E-state index is -4.39. The zero-order chi connectivity index (χ0) is 43.1. The van der Waals surface area contributed by atoms with Gasteiger partial charge in [-0.15, -0.1) is 0 Å². The molecule has 12 nitrogen and oxygen atoms in total. The van der Waals surface area contributed by atoms with Gasteiger partial charge in [-0.25, -0.2) is 0 Å². The quantitative estimate of drug-likeness (QED) is 0.0437. The van der Waals surface area contributed by atoms with Crippen molar-refractivity contribution >= 4 is 92.0 Å². The highest BCUT2D eigenvalue weighted by molar-refractivity contribution is 7.81. The molecule has 0 heterocycles. The molecule has 0 amide bonds. The van der Waals surface area contributed by atoms with E-state index in [1.807, 2.05) is 0 Å². The number of phenolic OH excluding ortho intramolecular Hbond substituents is 6. The van der Waals surface area contributed by atoms with Gasteiger partial charge in [-0.1, -0.05) is 30.9 Å². The van der Waals surface area contributed by atoms with Crippen molar-refractivity contribution in [1.82, 2.24) is 5.32 Å². The molecule has 6 rings (SSSR count). The number of alkyl halides is 3. The molecule has 19 heteroatoms. The fourth-order valence-corrected chi connectivity index (χ4v) is 6.17. The van der Waals surface area contributed by atoms with E-state index in [0.29, 0.717) is 38.4 Å². The summed E-state index contributed by atoms with van der Waals surface area (Å²) >= 11 is 21.1. The zero-order valence-corrected chi connectivity index (χ0v) is 34.1. The minimum Gasteiger partial charge on any atom is -0.508 e. The second-order valence-electron chi connectivity index (χ2n) is 12.8. The number of nitrogens with one attached hydrogen (secondary N) is 6. The summed E-state index contributed by atoms with van der Waals surface area (Å²) in [6, 6.07) is 24.3. The number of phenols is 6. The highest BCUT2D eigenvalue weighted by atomic mass is 35.5. The molecule has 12 N–H and O–H groups in total. The number of benzene rings is 5. The SMILES string of the molecule is Oc1ccc(NC(=S)NC2CCCCC2)c(O)c1.Oc1ccc(NC(=S)Nc2ccc(C(F)(F)F)cc2)c(O)c1.Oc1ccc(NC(=S)Nc2ccc(Cl)cc2)c(O)c1. The Bertz CT molecular complexity index is 2210. The molecule has 0 radical (unpaired) electrons. The highest BCUT2D eigenvalue weighted by Gasteiger charge is 2.30. The van der Waals surface area contributed by atoms with Crippen LogP contribution in [0.15, 0.2) is 103 Å². The zero-order valence-electron chi connectivity index (χ0n) is 30.8. The molecule has 0 aliphatic heterocycles. The number of hydrogen-bond acceptors (Lipinski definition) is 9. The van der Waals surface area contributed by atoms with Crippen molar-refractivity contribution in [2.24, 2.45) is 0 Å². The molecule has 0 aromatic heterocycles. The normalized spacial score (nSPS) is 12.3. The predicted octanol–water partition coefficient (Wildman–Crippen LogP) is 10.2. The topological polar surface area (TPSA) is 194 Å². The Labute approximate surface area is 358 Å². The lowest BCUT2D eigenvalue weighted by atomic mass is 9.96. The molecule has 1 fully saturated rings. The van der Waals surface area contributed by atoms with Gasteiger partial charge >= 0.3 is 6.18 Å². The molecular formula is C40H40ClF3N6O6S3. The van der Waals surface area contributed by atoms with Crippen molar-refractivity contribution in [3.63, 3.8) is 0 Å². The van der Waals surface area contributed by atoms with E-state index in [9.17, 15) is 43.8 Å². The van der Waals surface area contributed by atoms with Gasteiger partial charge in [0.15, 0.2) is 15.3 Å². The van der Waals surface area contributed by atoms with Gasteiger partial charge in [-0.2, -0.15) is 13.2 Å². The Morgan fingerprint density at radius 1 is 0.508 bits per heavy atom. The van der Waals surface area contributed by atoms with Crippen molar-refractivity contribution in [1.29, 1.82) is 0 Å². The Kier molecular flexibility index (Phi) is 16.8. The Morgan fingerprint density at radius 3 is 1.25 bits per heavy atom. The smallest absolute Gasteiger partial charge is 0.416 e. The molecule has 1 aliphatic rings. The maximum absolute atomic E-state index is 12.4. The lowest BCUT2D eigenvalue weighted by molar-refractivity contribution is -0.137. The fraction of sp³-hybridized carbons (Fsp3) is 0.175. The van der Waals surface area contributed by atoms with Gasteiger partial charge in [-0.05, 0) is 134 Å². The van der Waals surface area contributed by atoms with Crippen LogP contribution in [0.25, 0.3) is 0 Å². The molecule has 0 atom stereocenters. The van der Waals surface area contributed by atoms with Gasteiger partial charge in [0.05, 0.1) is 22.6 Å². The van der Waals surface area contributed by atoms with Crippen LogP contribution in [0.1, 0.15) is 37.7 Å². The van der Waals surface area contributed by atoms with Crippen LogP contribution in [0.3, 0.4) is 0 Å². The monoisotopic (exact) mass is 888 g/mol. The number of rotatable bonds is 6. The largest absolute Gasteiger partial charge is 0.508 e. The van der Waals surface area contributed by atoms with Crippen molar-refractivity contribution in [2.45, 2.75) is 44.3 Å². The van der Waals surface area contributed by atoms with Gasteiger partial charge in [0.25, 0.3) is 0 Å². The summed E-state index contributed by atoms with van der Waals surface area (Å²) in [5.41, 5.74) is 1.55. The first-order valence-corrected chi connectivity index (χ1v) is 19.3. The Balaban J connectivity index is 0.000000197. The van der Waals surface area contributed by atoms with Crippen molar-refractivity contribution in [3.05, 3.63) is 114 Å². The van der Waals surface area contributed by atoms with Crippen LogP contribution in [-0.4, -0.2) is 52.0 Å². The summed E-state index contributed by atoms with van der Waals surface area (Å²) in [5, 5.41) is 75.3. The molecular weight excluding hydrogens is 849 g/mol. The summed E-state index contributed by atoms with van der Waals surface area (Å²) in [6.45, 7) is 0. The van der Waals surface area contributed by atoms with E-state index >= 15 is 0 Å². The lowest BCUT2D eigenvalue weighted by Crippen LogP contribution is -2.38. The standard InChI is InChI=1S/C14H11F3N2O2S.C13H11ClN2O2S.C13H18N2O2S/c15-14(16,17)8-1-3-9(4-2-8)18-13(22)19-11-6-5-10(20)7-12(11)21;14-8-1-3-9(4-2-8)15-13(19)16-11-6-5-10(17)7-12(11)18;16-10-6-7-11(12(17)8-10)15-13(18)14-9-4-2-1-3-5-9/h1-7,20-21H,(H2,18,19,22);1-7,17-18H,(H2,15,16,19);6-9,16-17H,1-5H2,(H2,14,15,18). The van der Waals surface area contributed by atoms with Crippen LogP contribution in [-0.2, 0) is 6.18 Å². The molecule has 5 aromatic rings. The summed E-state index contributed by atoms with van der Waals surface area (Å²) < 4.78 is 37.3. The van der Waals surface area contributed by atoms with Crippen LogP contribution >= 0.6 is 48.3 Å². The molecule has 0 bridgehead atoms. The van der Waals surface area contributed by atoms with E-state index in [4.69, 9.17) is 48.3 Å². The van der Waals surface area contributed by atoms with E-state index in [0.717, 1.165) is 36.7 Å². The fourth-order valence-electron chi connectivity index (χ4n) is 5.31. The molecule has 59 heavy (non-hydrogen) atoms. The second-order valence-corrected chi connectivity index (χ2v) is 14.4. The lowest BCUT2D eigenvalue weighted by Gasteiger charge is -2.24. The number of halogens is 4. The molecule has 1 saturated carbocycles. The number of aromatic hydroxyl groups is 6. The first-order valence-electron chi connectivity index (χ1n) is 17.7. The van der Waals surface area contributed by atoms with Crippen molar-refractivity contribution < 1.29 is 43.8 Å². The van der Waals surface area contributed by atoms with Gasteiger partial charge in [0.1, 0.15) is 34.5 Å². The minimum absolute atomic E-state index is 0.0113. The van der Waals surface area contributed by atoms with Gasteiger partial charge in [0, 0.05) is 40.6 Å². The summed E-state index contributed by atoms with van der Waals surface area (Å²) in [4.78, 5) is 0. The average molecular weight is 889 g/mol. The molecule has 1 aliphatic carbocycles.